The summed E-state index contributed by atoms with van der Waals surface area (Å²) in [5.74, 6) is 0. The molecule has 0 aromatic rings. The Balaban J connectivity index is 5.46. The molecule has 5 heteroatoms. The molecule has 0 aliphatic rings. The van der Waals surface area contributed by atoms with E-state index < -0.39 is 16.8 Å². The van der Waals surface area contributed by atoms with Gasteiger partial charge in [-0.1, -0.05) is 54.4 Å². The van der Waals surface area contributed by atoms with E-state index in [0.717, 1.165) is 13.1 Å². The van der Waals surface area contributed by atoms with Gasteiger partial charge < -0.3 is 14.2 Å². The molecule has 0 spiro atoms. The van der Waals surface area contributed by atoms with Crippen molar-refractivity contribution in [1.29, 1.82) is 0 Å². The zero-order valence-electron chi connectivity index (χ0n) is 15.1. The fraction of sp³-hybridized carbons (Fsp3) is 1.00. The normalized spacial score (nSPS) is 18.0. The van der Waals surface area contributed by atoms with Crippen molar-refractivity contribution < 1.29 is 0 Å². The summed E-state index contributed by atoms with van der Waals surface area (Å²) in [6.45, 7) is 16.2. The van der Waals surface area contributed by atoms with Crippen LogP contribution in [-0.4, -0.2) is 41.2 Å². The minimum atomic E-state index is -1.52. The second kappa shape index (κ2) is 10.1. The summed E-state index contributed by atoms with van der Waals surface area (Å²) in [6, 6.07) is 5.37. The maximum atomic E-state index is 3.96. The largest absolute Gasteiger partial charge is 0.326 e. The fourth-order valence-corrected chi connectivity index (χ4v) is 15.7. The van der Waals surface area contributed by atoms with E-state index in [4.69, 9.17) is 0 Å². The molecule has 0 saturated heterocycles. The van der Waals surface area contributed by atoms with E-state index in [1.807, 2.05) is 0 Å². The van der Waals surface area contributed by atoms with Crippen molar-refractivity contribution in [3.05, 3.63) is 0 Å². The predicted octanol–water partition coefficient (Wildman–Crippen LogP) is 3.88. The van der Waals surface area contributed by atoms with Crippen LogP contribution in [0.25, 0.3) is 0 Å². The fourth-order valence-electron chi connectivity index (χ4n) is 3.72. The molecule has 2 atom stereocenters. The molecule has 0 bridgehead atoms. The smallest absolute Gasteiger partial charge is 0.197 e. The minimum Gasteiger partial charge on any atom is -0.326 e. The summed E-state index contributed by atoms with van der Waals surface area (Å²) in [4.78, 5) is 7.92. The molecule has 3 nitrogen and oxygen atoms in total. The van der Waals surface area contributed by atoms with Crippen molar-refractivity contribution in [1.82, 2.24) is 14.2 Å². The molecular formula is C15H39N3Si2. The maximum Gasteiger partial charge on any atom is 0.197 e. The van der Waals surface area contributed by atoms with Crippen LogP contribution < -0.4 is 9.96 Å². The van der Waals surface area contributed by atoms with Gasteiger partial charge in [0.1, 0.15) is 0 Å². The molecule has 0 radical (unpaired) electrons. The average Bonchev–Trinajstić information content (AvgIpc) is 2.45. The monoisotopic (exact) mass is 317 g/mol. The van der Waals surface area contributed by atoms with Crippen LogP contribution in [0.3, 0.4) is 0 Å². The average molecular weight is 318 g/mol. The SMILES string of the molecule is CCC[Si](CC)(NCC)N(C)[Si](CC)(CCC)NCC. The van der Waals surface area contributed by atoms with Crippen molar-refractivity contribution in [2.24, 2.45) is 0 Å². The lowest BCUT2D eigenvalue weighted by Gasteiger charge is -2.50. The van der Waals surface area contributed by atoms with Crippen molar-refractivity contribution in [3.8, 4) is 0 Å². The Morgan fingerprint density at radius 2 is 1.05 bits per heavy atom. The Hall–Kier alpha value is 0.314. The lowest BCUT2D eigenvalue weighted by Crippen LogP contribution is -2.75. The summed E-state index contributed by atoms with van der Waals surface area (Å²) in [5, 5.41) is 0. The molecule has 0 saturated carbocycles. The van der Waals surface area contributed by atoms with E-state index in [2.05, 4.69) is 62.8 Å². The molecular weight excluding hydrogens is 278 g/mol. The zero-order chi connectivity index (χ0) is 15.6. The quantitative estimate of drug-likeness (QED) is 0.535. The van der Waals surface area contributed by atoms with Crippen LogP contribution in [0.4, 0.5) is 0 Å². The molecule has 0 aromatic heterocycles. The van der Waals surface area contributed by atoms with E-state index in [9.17, 15) is 0 Å². The Labute approximate surface area is 130 Å². The van der Waals surface area contributed by atoms with Crippen LogP contribution in [0.1, 0.15) is 54.4 Å². The maximum absolute atomic E-state index is 3.96. The first-order chi connectivity index (χ1) is 9.52. The molecule has 0 fully saturated rings. The van der Waals surface area contributed by atoms with Gasteiger partial charge in [-0.25, -0.2) is 0 Å². The van der Waals surface area contributed by atoms with Gasteiger partial charge in [0, 0.05) is 0 Å². The van der Waals surface area contributed by atoms with E-state index in [1.54, 1.807) is 0 Å². The number of hydrogen-bond donors (Lipinski definition) is 2. The van der Waals surface area contributed by atoms with Gasteiger partial charge in [-0.05, 0) is 44.3 Å². The van der Waals surface area contributed by atoms with Crippen molar-refractivity contribution in [3.63, 3.8) is 0 Å². The van der Waals surface area contributed by atoms with Crippen LogP contribution in [0.15, 0.2) is 0 Å². The van der Waals surface area contributed by atoms with Gasteiger partial charge in [0.05, 0.1) is 0 Å². The van der Waals surface area contributed by atoms with Gasteiger partial charge in [-0.3, -0.25) is 0 Å². The van der Waals surface area contributed by atoms with Gasteiger partial charge in [0.2, 0.25) is 0 Å². The Bertz CT molecular complexity index is 213. The Morgan fingerprint density at radius 3 is 1.25 bits per heavy atom. The van der Waals surface area contributed by atoms with Crippen LogP contribution in [0, 0.1) is 0 Å². The summed E-state index contributed by atoms with van der Waals surface area (Å²) >= 11 is 0. The van der Waals surface area contributed by atoms with Crippen molar-refractivity contribution in [2.75, 3.05) is 20.1 Å². The minimum absolute atomic E-state index is 1.11. The highest BCUT2D eigenvalue weighted by Crippen LogP contribution is 2.28. The summed E-state index contributed by atoms with van der Waals surface area (Å²) < 4.78 is 2.89. The van der Waals surface area contributed by atoms with Crippen molar-refractivity contribution >= 4 is 16.8 Å². The van der Waals surface area contributed by atoms with Gasteiger partial charge in [0.15, 0.2) is 16.8 Å². The molecule has 2 unspecified atom stereocenters. The van der Waals surface area contributed by atoms with E-state index in [0.29, 0.717) is 0 Å². The highest BCUT2D eigenvalue weighted by Gasteiger charge is 2.46. The second-order valence-corrected chi connectivity index (χ2v) is 14.9. The van der Waals surface area contributed by atoms with E-state index in [-0.39, 0.29) is 0 Å². The highest BCUT2D eigenvalue weighted by molar-refractivity contribution is 6.90. The van der Waals surface area contributed by atoms with Gasteiger partial charge >= 0.3 is 0 Å². The van der Waals surface area contributed by atoms with Gasteiger partial charge in [-0.2, -0.15) is 0 Å². The molecule has 2 N–H and O–H groups in total. The van der Waals surface area contributed by atoms with Crippen LogP contribution in [0.5, 0.6) is 0 Å². The number of nitrogens with zero attached hydrogens (tertiary/aromatic N) is 1. The van der Waals surface area contributed by atoms with Crippen LogP contribution >= 0.6 is 0 Å². The zero-order valence-corrected chi connectivity index (χ0v) is 17.1. The van der Waals surface area contributed by atoms with Crippen LogP contribution in [0.2, 0.25) is 24.2 Å². The molecule has 0 aromatic carbocycles. The Kier molecular flexibility index (Phi) is 10.3. The van der Waals surface area contributed by atoms with Gasteiger partial charge in [0.25, 0.3) is 0 Å². The first kappa shape index (κ1) is 20.3. The van der Waals surface area contributed by atoms with E-state index >= 15 is 0 Å². The third kappa shape index (κ3) is 4.66. The molecule has 0 heterocycles. The lowest BCUT2D eigenvalue weighted by atomic mass is 10.6. The molecule has 0 amide bonds. The third-order valence-electron chi connectivity index (χ3n) is 4.79. The summed E-state index contributed by atoms with van der Waals surface area (Å²) in [6.07, 6.45) is 2.59. The summed E-state index contributed by atoms with van der Waals surface area (Å²) in [7, 11) is -0.610. The Morgan fingerprint density at radius 1 is 0.700 bits per heavy atom. The van der Waals surface area contributed by atoms with Gasteiger partial charge in [-0.15, -0.1) is 0 Å². The molecule has 0 aliphatic heterocycles. The topological polar surface area (TPSA) is 27.3 Å². The lowest BCUT2D eigenvalue weighted by molar-refractivity contribution is 0.621. The molecule has 0 aliphatic carbocycles. The highest BCUT2D eigenvalue weighted by atomic mass is 28.4. The van der Waals surface area contributed by atoms with Crippen molar-refractivity contribution in [2.45, 2.75) is 78.6 Å². The van der Waals surface area contributed by atoms with Crippen LogP contribution in [-0.2, 0) is 0 Å². The first-order valence-electron chi connectivity index (χ1n) is 8.76. The van der Waals surface area contributed by atoms with E-state index in [1.165, 1.54) is 37.0 Å². The first-order valence-corrected chi connectivity index (χ1v) is 13.5. The molecule has 20 heavy (non-hydrogen) atoms. The number of hydrogen-bond acceptors (Lipinski definition) is 3. The molecule has 0 rings (SSSR count). The predicted molar refractivity (Wildman–Crippen MR) is 97.8 cm³/mol. The number of rotatable bonds is 12. The third-order valence-corrected chi connectivity index (χ3v) is 16.9. The molecule has 122 valence electrons. The number of nitrogens with one attached hydrogen (secondary N) is 2. The second-order valence-electron chi connectivity index (χ2n) is 5.89. The summed E-state index contributed by atoms with van der Waals surface area (Å²) in [5.41, 5.74) is 0. The standard InChI is InChI=1S/C15H39N3Si2/c1-8-14-19(12-5,16-10-3)18(7)20(13-6,15-9-2)17-11-4/h16-17H,8-15H2,1-7H3.